The molecular formula is C17H22N4O3. The number of aliphatic carboxylic acids is 1. The number of aromatic nitrogens is 1. The molecule has 1 aromatic heterocycles. The van der Waals surface area contributed by atoms with Crippen molar-refractivity contribution in [2.75, 3.05) is 31.1 Å². The summed E-state index contributed by atoms with van der Waals surface area (Å²) in [7, 11) is 0. The normalized spacial score (nSPS) is 15.0. The molecule has 128 valence electrons. The van der Waals surface area contributed by atoms with E-state index in [0.29, 0.717) is 31.7 Å². The smallest absolute Gasteiger partial charge is 0.292 e. The number of carboxylic acids is 1. The standard InChI is InChI=1S/C17H22N4O3/c1-17(2,11-15(23)24)10-14(22)20-6-8-21(9-7-20)16-13(12-18)4-3-5-19-16/h3-5H,6-11H2,1-2H3,(H,23,24). The molecule has 0 saturated carbocycles. The van der Waals surface area contributed by atoms with Gasteiger partial charge in [-0.25, -0.2) is 4.98 Å². The number of rotatable bonds is 5. The Morgan fingerprint density at radius 3 is 2.54 bits per heavy atom. The highest BCUT2D eigenvalue weighted by Gasteiger charge is 2.31. The Balaban J connectivity index is 1.94. The highest BCUT2D eigenvalue weighted by Crippen LogP contribution is 2.26. The molecule has 1 amide bonds. The maximum atomic E-state index is 12.4. The van der Waals surface area contributed by atoms with E-state index in [9.17, 15) is 20.0 Å². The van der Waals surface area contributed by atoms with Crippen LogP contribution in [-0.4, -0.2) is 43.0 Å². The van der Waals surface area contributed by atoms with E-state index in [1.807, 2.05) is 0 Å². The molecule has 1 aromatic rings. The van der Waals surface area contributed by atoms with Gasteiger partial charge in [0.05, 0.1) is 19.3 Å². The highest BCUT2D eigenvalue weighted by atomic mass is 16.4. The average Bonchev–Trinajstić information content (AvgIpc) is 2.53. The zero-order valence-corrected chi connectivity index (χ0v) is 14.0. The zero-order chi connectivity index (χ0) is 17.7. The third-order valence-electron chi connectivity index (χ3n) is 4.16. The Morgan fingerprint density at radius 2 is 1.96 bits per heavy atom. The van der Waals surface area contributed by atoms with Crippen molar-refractivity contribution in [3.63, 3.8) is 0 Å². The summed E-state index contributed by atoms with van der Waals surface area (Å²) in [6, 6.07) is 5.70. The fourth-order valence-electron chi connectivity index (χ4n) is 2.93. The quantitative estimate of drug-likeness (QED) is 0.729. The van der Waals surface area contributed by atoms with Crippen molar-refractivity contribution in [3.8, 4) is 6.07 Å². The largest absolute Gasteiger partial charge is 0.550 e. The molecule has 0 aromatic carbocycles. The molecule has 0 spiro atoms. The number of nitrogens with one attached hydrogen (secondary N) is 1. The maximum absolute atomic E-state index is 12.4. The number of aromatic amines is 1. The van der Waals surface area contributed by atoms with Gasteiger partial charge in [-0.2, -0.15) is 5.26 Å². The van der Waals surface area contributed by atoms with Crippen LogP contribution in [0.3, 0.4) is 0 Å². The van der Waals surface area contributed by atoms with Crippen LogP contribution in [0.2, 0.25) is 0 Å². The van der Waals surface area contributed by atoms with Crippen LogP contribution in [0.15, 0.2) is 18.3 Å². The summed E-state index contributed by atoms with van der Waals surface area (Å²) in [4.78, 5) is 30.0. The SMILES string of the molecule is CC(C)(CC(=O)[O-])CC(=O)N1CCN(c2[nH+]cccc2C#N)CC1. The third kappa shape index (κ3) is 4.44. The van der Waals surface area contributed by atoms with Crippen LogP contribution < -0.4 is 15.0 Å². The predicted octanol–water partition coefficient (Wildman–Crippen LogP) is -0.423. The van der Waals surface area contributed by atoms with Crippen molar-refractivity contribution in [2.45, 2.75) is 26.7 Å². The number of carbonyl (C=O) groups is 2. The lowest BCUT2D eigenvalue weighted by Crippen LogP contribution is -2.51. The Kier molecular flexibility index (Phi) is 5.39. The molecule has 0 radical (unpaired) electrons. The summed E-state index contributed by atoms with van der Waals surface area (Å²) >= 11 is 0. The molecule has 1 fully saturated rings. The van der Waals surface area contributed by atoms with E-state index in [2.05, 4.69) is 16.0 Å². The van der Waals surface area contributed by atoms with Crippen molar-refractivity contribution in [2.24, 2.45) is 5.41 Å². The van der Waals surface area contributed by atoms with Crippen molar-refractivity contribution >= 4 is 17.7 Å². The van der Waals surface area contributed by atoms with Crippen molar-refractivity contribution in [3.05, 3.63) is 23.9 Å². The number of nitriles is 1. The number of hydrogen-bond donors (Lipinski definition) is 0. The fourth-order valence-corrected chi connectivity index (χ4v) is 2.93. The van der Waals surface area contributed by atoms with Gasteiger partial charge in [0.15, 0.2) is 0 Å². The van der Waals surface area contributed by atoms with Gasteiger partial charge in [0.1, 0.15) is 24.7 Å². The molecule has 0 bridgehead atoms. The fraction of sp³-hybridized carbons (Fsp3) is 0.529. The number of piperazine rings is 1. The molecule has 7 nitrogen and oxygen atoms in total. The first kappa shape index (κ1) is 17.7. The molecule has 2 heterocycles. The lowest BCUT2D eigenvalue weighted by atomic mass is 9.85. The number of carbonyl (C=O) groups excluding carboxylic acids is 2. The molecule has 24 heavy (non-hydrogen) atoms. The van der Waals surface area contributed by atoms with Crippen molar-refractivity contribution in [1.82, 2.24) is 4.90 Å². The van der Waals surface area contributed by atoms with E-state index in [-0.39, 0.29) is 18.7 Å². The molecule has 1 aliphatic rings. The van der Waals surface area contributed by atoms with Crippen LogP contribution in [0.5, 0.6) is 0 Å². The molecule has 2 rings (SSSR count). The van der Waals surface area contributed by atoms with Crippen molar-refractivity contribution in [1.29, 1.82) is 5.26 Å². The molecule has 1 N–H and O–H groups in total. The number of carboxylic acid groups (broad SMARTS) is 1. The van der Waals surface area contributed by atoms with Gasteiger partial charge < -0.3 is 14.8 Å². The van der Waals surface area contributed by atoms with Crippen molar-refractivity contribution < 1.29 is 19.7 Å². The molecule has 1 saturated heterocycles. The minimum absolute atomic E-state index is 0.0431. The summed E-state index contributed by atoms with van der Waals surface area (Å²) in [6.45, 7) is 5.87. The Morgan fingerprint density at radius 1 is 1.29 bits per heavy atom. The van der Waals surface area contributed by atoms with Crippen LogP contribution in [0.1, 0.15) is 32.3 Å². The molecule has 0 atom stereocenters. The van der Waals surface area contributed by atoms with E-state index in [0.717, 1.165) is 5.82 Å². The van der Waals surface area contributed by atoms with Crippen LogP contribution >= 0.6 is 0 Å². The summed E-state index contributed by atoms with van der Waals surface area (Å²) in [5.41, 5.74) is -0.0406. The third-order valence-corrected chi connectivity index (χ3v) is 4.16. The van der Waals surface area contributed by atoms with Gasteiger partial charge in [-0.3, -0.25) is 9.69 Å². The number of H-pyrrole nitrogens is 1. The van der Waals surface area contributed by atoms with Crippen LogP contribution in [0, 0.1) is 16.7 Å². The molecular weight excluding hydrogens is 308 g/mol. The Hall–Kier alpha value is -2.62. The number of nitrogens with zero attached hydrogens (tertiary/aromatic N) is 3. The summed E-state index contributed by atoms with van der Waals surface area (Å²) in [5, 5.41) is 19.9. The maximum Gasteiger partial charge on any atom is 0.292 e. The Bertz CT molecular complexity index is 658. The minimum Gasteiger partial charge on any atom is -0.550 e. The van der Waals surface area contributed by atoms with Crippen LogP contribution in [-0.2, 0) is 9.59 Å². The molecule has 0 aliphatic carbocycles. The van der Waals surface area contributed by atoms with Gasteiger partial charge in [0.2, 0.25) is 5.91 Å². The monoisotopic (exact) mass is 330 g/mol. The minimum atomic E-state index is -1.14. The zero-order valence-electron chi connectivity index (χ0n) is 14.0. The number of anilines is 1. The lowest BCUT2D eigenvalue weighted by molar-refractivity contribution is -0.364. The topological polar surface area (TPSA) is 102 Å². The van der Waals surface area contributed by atoms with Gasteiger partial charge in [-0.05, 0) is 24.0 Å². The van der Waals surface area contributed by atoms with E-state index in [4.69, 9.17) is 0 Å². The number of hydrogen-bond acceptors (Lipinski definition) is 5. The molecule has 7 heteroatoms. The Labute approximate surface area is 141 Å². The van der Waals surface area contributed by atoms with Gasteiger partial charge >= 0.3 is 0 Å². The molecule has 1 aliphatic heterocycles. The lowest BCUT2D eigenvalue weighted by Gasteiger charge is -2.33. The summed E-state index contributed by atoms with van der Waals surface area (Å²) in [6.07, 6.45) is 1.82. The van der Waals surface area contributed by atoms with E-state index < -0.39 is 11.4 Å². The second-order valence-electron chi connectivity index (χ2n) is 6.80. The van der Waals surface area contributed by atoms with E-state index in [1.165, 1.54) is 0 Å². The van der Waals surface area contributed by atoms with E-state index >= 15 is 0 Å². The molecule has 0 unspecified atom stereocenters. The highest BCUT2D eigenvalue weighted by molar-refractivity contribution is 5.78. The van der Waals surface area contributed by atoms with E-state index in [1.54, 1.807) is 37.1 Å². The number of amides is 1. The first-order chi connectivity index (χ1) is 11.3. The van der Waals surface area contributed by atoms with Gasteiger partial charge in [0, 0.05) is 12.4 Å². The predicted molar refractivity (Wildman–Crippen MR) is 84.5 cm³/mol. The average molecular weight is 330 g/mol. The summed E-state index contributed by atoms with van der Waals surface area (Å²) < 4.78 is 0. The first-order valence-corrected chi connectivity index (χ1v) is 7.96. The van der Waals surface area contributed by atoms with Gasteiger partial charge in [-0.15, -0.1) is 0 Å². The summed E-state index contributed by atoms with van der Waals surface area (Å²) in [5.74, 6) is -0.413. The van der Waals surface area contributed by atoms with Gasteiger partial charge in [0.25, 0.3) is 5.82 Å². The van der Waals surface area contributed by atoms with Gasteiger partial charge in [-0.1, -0.05) is 13.8 Å². The van der Waals surface area contributed by atoms with Crippen LogP contribution in [0.25, 0.3) is 0 Å². The number of pyridine rings is 1. The van der Waals surface area contributed by atoms with Crippen LogP contribution in [0.4, 0.5) is 5.82 Å². The first-order valence-electron chi connectivity index (χ1n) is 7.96. The second-order valence-corrected chi connectivity index (χ2v) is 6.80. The second kappa shape index (κ2) is 7.30.